The number of benzene rings is 1. The summed E-state index contributed by atoms with van der Waals surface area (Å²) in [4.78, 5) is 11.9. The number of pyridine rings is 1. The largest absolute Gasteiger partial charge is 0.619 e. The Morgan fingerprint density at radius 2 is 1.86 bits per heavy atom. The zero-order valence-electron chi connectivity index (χ0n) is 10.6. The van der Waals surface area contributed by atoms with Crippen molar-refractivity contribution in [2.24, 2.45) is 0 Å². The van der Waals surface area contributed by atoms with Gasteiger partial charge < -0.3 is 9.94 Å². The van der Waals surface area contributed by atoms with Crippen molar-refractivity contribution < 1.29 is 14.3 Å². The minimum absolute atomic E-state index is 0.300. The molecule has 0 radical (unpaired) electrons. The van der Waals surface area contributed by atoms with Crippen molar-refractivity contribution in [3.05, 3.63) is 59.6 Å². The summed E-state index contributed by atoms with van der Waals surface area (Å²) >= 11 is 0. The van der Waals surface area contributed by atoms with Crippen molar-refractivity contribution in [2.75, 3.05) is 0 Å². The molecule has 0 atom stereocenters. The number of nitrogens with zero attached hydrogens (tertiary/aromatic N) is 4. The molecule has 3 rings (SSSR count). The van der Waals surface area contributed by atoms with Crippen LogP contribution in [0.15, 0.2) is 48.8 Å². The highest BCUT2D eigenvalue weighted by Crippen LogP contribution is 2.15. The van der Waals surface area contributed by atoms with E-state index in [0.29, 0.717) is 21.9 Å². The number of rotatable bonds is 3. The van der Waals surface area contributed by atoms with Crippen LogP contribution in [0.4, 0.5) is 0 Å². The van der Waals surface area contributed by atoms with Gasteiger partial charge in [0, 0.05) is 17.7 Å². The fourth-order valence-corrected chi connectivity index (χ4v) is 1.67. The van der Waals surface area contributed by atoms with Crippen LogP contribution in [0.5, 0.6) is 5.75 Å². The first-order chi connectivity index (χ1) is 10.2. The third-order valence-corrected chi connectivity index (χ3v) is 2.71. The van der Waals surface area contributed by atoms with Crippen LogP contribution in [0.25, 0.3) is 11.4 Å². The van der Waals surface area contributed by atoms with Crippen LogP contribution in [0.1, 0.15) is 10.4 Å². The number of aromatic amines is 1. The first-order valence-electron chi connectivity index (χ1n) is 5.97. The molecule has 8 nitrogen and oxygen atoms in total. The van der Waals surface area contributed by atoms with E-state index in [-0.39, 0.29) is 0 Å². The van der Waals surface area contributed by atoms with E-state index in [2.05, 4.69) is 20.6 Å². The number of ether oxygens (including phenoxy) is 1. The molecule has 104 valence electrons. The normalized spacial score (nSPS) is 10.3. The maximum absolute atomic E-state index is 11.9. The predicted molar refractivity (Wildman–Crippen MR) is 70.0 cm³/mol. The summed E-state index contributed by atoms with van der Waals surface area (Å²) in [6, 6.07) is 9.42. The zero-order valence-corrected chi connectivity index (χ0v) is 10.6. The number of tetrazole rings is 1. The van der Waals surface area contributed by atoms with Gasteiger partial charge in [0.25, 0.3) is 0 Å². The summed E-state index contributed by atoms with van der Waals surface area (Å²) in [7, 11) is 0. The Balaban J connectivity index is 1.74. The van der Waals surface area contributed by atoms with E-state index in [9.17, 15) is 10.0 Å². The average Bonchev–Trinajstić information content (AvgIpc) is 3.04. The van der Waals surface area contributed by atoms with Crippen molar-refractivity contribution in [3.63, 3.8) is 0 Å². The van der Waals surface area contributed by atoms with Gasteiger partial charge in [-0.05, 0) is 17.3 Å². The number of carbonyl (C=O) groups is 1. The quantitative estimate of drug-likeness (QED) is 0.431. The fraction of sp³-hybridized carbons (Fsp3) is 0. The molecule has 0 aliphatic rings. The topological polar surface area (TPSA) is 108 Å². The highest BCUT2D eigenvalue weighted by molar-refractivity contribution is 5.91. The number of aromatic nitrogens is 5. The molecule has 0 unspecified atom stereocenters. The number of esters is 1. The van der Waals surface area contributed by atoms with Crippen LogP contribution >= 0.6 is 0 Å². The molecule has 1 N–H and O–H groups in total. The van der Waals surface area contributed by atoms with Crippen molar-refractivity contribution >= 4 is 5.97 Å². The Bertz CT molecular complexity index is 738. The lowest BCUT2D eigenvalue weighted by Gasteiger charge is -2.04. The van der Waals surface area contributed by atoms with Crippen LogP contribution in [0, 0.1) is 5.21 Å². The first-order valence-corrected chi connectivity index (χ1v) is 5.97. The molecule has 0 fully saturated rings. The third kappa shape index (κ3) is 2.84. The third-order valence-electron chi connectivity index (χ3n) is 2.71. The van der Waals surface area contributed by atoms with E-state index in [1.165, 1.54) is 24.5 Å². The van der Waals surface area contributed by atoms with E-state index in [0.717, 1.165) is 5.56 Å². The molecule has 0 bridgehead atoms. The Morgan fingerprint density at radius 3 is 2.48 bits per heavy atom. The minimum atomic E-state index is -0.515. The van der Waals surface area contributed by atoms with Gasteiger partial charge in [0.15, 0.2) is 12.4 Å². The number of carbonyl (C=O) groups excluding carboxylic acids is 1. The summed E-state index contributed by atoms with van der Waals surface area (Å²) in [5.41, 5.74) is 1.11. The predicted octanol–water partition coefficient (Wildman–Crippen LogP) is 0.719. The molecule has 21 heavy (non-hydrogen) atoms. The van der Waals surface area contributed by atoms with Gasteiger partial charge in [-0.2, -0.15) is 9.94 Å². The van der Waals surface area contributed by atoms with E-state index in [1.807, 2.05) is 0 Å². The Kier molecular flexibility index (Phi) is 3.26. The molecule has 0 aliphatic heterocycles. The van der Waals surface area contributed by atoms with Gasteiger partial charge in [0.2, 0.25) is 5.82 Å². The summed E-state index contributed by atoms with van der Waals surface area (Å²) in [6.45, 7) is 0. The standard InChI is InChI=1S/C13H9N5O3/c19-13(21-11-5-7-18(20)8-6-11)10-3-1-9(2-4-10)12-14-16-17-15-12/h1-8H,(H,14,15,16,17). The second kappa shape index (κ2) is 5.37. The molecule has 2 heterocycles. The van der Waals surface area contributed by atoms with Crippen LogP contribution in [0.3, 0.4) is 0 Å². The minimum Gasteiger partial charge on any atom is -0.619 e. The molecule has 8 heteroatoms. The van der Waals surface area contributed by atoms with E-state index in [1.54, 1.807) is 24.3 Å². The smallest absolute Gasteiger partial charge is 0.343 e. The van der Waals surface area contributed by atoms with Gasteiger partial charge in [-0.1, -0.05) is 12.1 Å². The lowest BCUT2D eigenvalue weighted by molar-refractivity contribution is -0.605. The summed E-state index contributed by atoms with van der Waals surface area (Å²) in [5.74, 6) is 0.227. The van der Waals surface area contributed by atoms with Gasteiger partial charge in [-0.25, -0.2) is 4.79 Å². The van der Waals surface area contributed by atoms with Crippen molar-refractivity contribution in [1.29, 1.82) is 0 Å². The lowest BCUT2D eigenvalue weighted by atomic mass is 10.1. The average molecular weight is 283 g/mol. The lowest BCUT2D eigenvalue weighted by Crippen LogP contribution is -2.23. The van der Waals surface area contributed by atoms with Crippen LogP contribution < -0.4 is 9.47 Å². The van der Waals surface area contributed by atoms with Gasteiger partial charge in [0.1, 0.15) is 5.75 Å². The molecular formula is C13H9N5O3. The molecule has 0 aliphatic carbocycles. The molecule has 3 aromatic rings. The molecule has 2 aromatic heterocycles. The van der Waals surface area contributed by atoms with Crippen molar-refractivity contribution in [3.8, 4) is 17.1 Å². The second-order valence-electron chi connectivity index (χ2n) is 4.10. The number of hydrogen-bond donors (Lipinski definition) is 1. The zero-order chi connectivity index (χ0) is 14.7. The molecule has 0 amide bonds. The highest BCUT2D eigenvalue weighted by atomic mass is 16.5. The highest BCUT2D eigenvalue weighted by Gasteiger charge is 2.10. The fourth-order valence-electron chi connectivity index (χ4n) is 1.67. The molecule has 0 saturated carbocycles. The first kappa shape index (κ1) is 12.7. The molecule has 1 aromatic carbocycles. The SMILES string of the molecule is O=C(Oc1cc[n+]([O-])cc1)c1ccc(-c2nn[nH]n2)cc1. The maximum atomic E-state index is 11.9. The molecule has 0 saturated heterocycles. The number of hydrogen-bond acceptors (Lipinski definition) is 6. The van der Waals surface area contributed by atoms with Crippen molar-refractivity contribution in [2.45, 2.75) is 0 Å². The van der Waals surface area contributed by atoms with Gasteiger partial charge in [0.05, 0.1) is 5.56 Å². The Hall–Kier alpha value is -3.29. The summed E-state index contributed by atoms with van der Waals surface area (Å²) in [6.07, 6.45) is 2.50. The van der Waals surface area contributed by atoms with Gasteiger partial charge in [-0.15, -0.1) is 10.2 Å². The summed E-state index contributed by atoms with van der Waals surface area (Å²) in [5, 5.41) is 24.4. The van der Waals surface area contributed by atoms with Gasteiger partial charge >= 0.3 is 5.97 Å². The van der Waals surface area contributed by atoms with Crippen LogP contribution in [-0.4, -0.2) is 26.6 Å². The van der Waals surface area contributed by atoms with Gasteiger partial charge in [-0.3, -0.25) is 0 Å². The second-order valence-corrected chi connectivity index (χ2v) is 4.10. The Morgan fingerprint density at radius 1 is 1.14 bits per heavy atom. The monoisotopic (exact) mass is 283 g/mol. The molecular weight excluding hydrogens is 274 g/mol. The van der Waals surface area contributed by atoms with Crippen LogP contribution in [-0.2, 0) is 0 Å². The van der Waals surface area contributed by atoms with E-state index >= 15 is 0 Å². The number of nitrogens with one attached hydrogen (secondary N) is 1. The maximum Gasteiger partial charge on any atom is 0.343 e. The Labute approximate surface area is 118 Å². The summed E-state index contributed by atoms with van der Waals surface area (Å²) < 4.78 is 5.75. The van der Waals surface area contributed by atoms with E-state index < -0.39 is 5.97 Å². The number of H-pyrrole nitrogens is 1. The molecule has 0 spiro atoms. The van der Waals surface area contributed by atoms with E-state index in [4.69, 9.17) is 4.74 Å². The van der Waals surface area contributed by atoms with Crippen LogP contribution in [0.2, 0.25) is 0 Å². The van der Waals surface area contributed by atoms with Crippen molar-refractivity contribution in [1.82, 2.24) is 20.6 Å².